The molecule has 1 rings (SSSR count). The summed E-state index contributed by atoms with van der Waals surface area (Å²) in [4.78, 5) is 2.41. The summed E-state index contributed by atoms with van der Waals surface area (Å²) in [6.07, 6.45) is 14.9. The summed E-state index contributed by atoms with van der Waals surface area (Å²) in [6, 6.07) is 6.31. The Bertz CT molecular complexity index is 475. The van der Waals surface area contributed by atoms with E-state index in [-0.39, 0.29) is 0 Å². The molecule has 0 aliphatic rings. The molecular weight excluding hydrogens is 334 g/mol. The molecule has 0 atom stereocenters. The van der Waals surface area contributed by atoms with Gasteiger partial charge < -0.3 is 14.4 Å². The van der Waals surface area contributed by atoms with Crippen LogP contribution in [0.3, 0.4) is 0 Å². The minimum Gasteiger partial charge on any atom is -0.493 e. The van der Waals surface area contributed by atoms with Gasteiger partial charge in [0, 0.05) is 6.54 Å². The number of hydrogen-bond donors (Lipinski definition) is 0. The van der Waals surface area contributed by atoms with Crippen molar-refractivity contribution in [3.05, 3.63) is 23.8 Å². The zero-order valence-corrected chi connectivity index (χ0v) is 18.4. The van der Waals surface area contributed by atoms with Crippen molar-refractivity contribution < 1.29 is 9.47 Å². The van der Waals surface area contributed by atoms with E-state index >= 15 is 0 Å². The smallest absolute Gasteiger partial charge is 0.161 e. The molecule has 0 bridgehead atoms. The zero-order valence-electron chi connectivity index (χ0n) is 18.4. The average Bonchev–Trinajstić information content (AvgIpc) is 2.68. The number of unbranched alkanes of at least 4 members (excludes halogenated alkanes) is 9. The van der Waals surface area contributed by atoms with Gasteiger partial charge in [-0.05, 0) is 44.1 Å². The Labute approximate surface area is 168 Å². The van der Waals surface area contributed by atoms with E-state index in [1.165, 1.54) is 69.8 Å². The molecule has 1 aromatic carbocycles. The van der Waals surface area contributed by atoms with Crippen molar-refractivity contribution >= 4 is 0 Å². The second-order valence-electron chi connectivity index (χ2n) is 7.75. The van der Waals surface area contributed by atoms with Gasteiger partial charge in [0.05, 0.1) is 13.7 Å². The van der Waals surface area contributed by atoms with Crippen LogP contribution in [-0.4, -0.2) is 32.2 Å². The van der Waals surface area contributed by atoms with E-state index < -0.39 is 0 Å². The fourth-order valence-corrected chi connectivity index (χ4v) is 3.40. The molecule has 156 valence electrons. The van der Waals surface area contributed by atoms with Crippen LogP contribution >= 0.6 is 0 Å². The lowest BCUT2D eigenvalue weighted by Crippen LogP contribution is -2.19. The minimum absolute atomic E-state index is 0.731. The van der Waals surface area contributed by atoms with Crippen molar-refractivity contribution in [1.29, 1.82) is 0 Å². The van der Waals surface area contributed by atoms with Crippen molar-refractivity contribution in [2.24, 2.45) is 0 Å². The molecule has 0 aliphatic carbocycles. The van der Waals surface area contributed by atoms with Crippen LogP contribution in [0.15, 0.2) is 18.2 Å². The van der Waals surface area contributed by atoms with Gasteiger partial charge in [-0.2, -0.15) is 0 Å². The molecular formula is C24H43NO2. The summed E-state index contributed by atoms with van der Waals surface area (Å²) in [7, 11) is 3.92. The topological polar surface area (TPSA) is 21.7 Å². The van der Waals surface area contributed by atoms with Crippen LogP contribution in [0.4, 0.5) is 0 Å². The summed E-state index contributed by atoms with van der Waals surface area (Å²) >= 11 is 0. The highest BCUT2D eigenvalue weighted by molar-refractivity contribution is 5.42. The number of benzene rings is 1. The average molecular weight is 378 g/mol. The number of nitrogens with zero attached hydrogens (tertiary/aromatic N) is 1. The van der Waals surface area contributed by atoms with Crippen LogP contribution in [0.2, 0.25) is 0 Å². The second-order valence-corrected chi connectivity index (χ2v) is 7.75. The second kappa shape index (κ2) is 15.8. The van der Waals surface area contributed by atoms with E-state index in [2.05, 4.69) is 37.9 Å². The molecule has 0 saturated heterocycles. The van der Waals surface area contributed by atoms with Crippen molar-refractivity contribution in [2.75, 3.05) is 27.3 Å². The Hall–Kier alpha value is -1.22. The number of methoxy groups -OCH3 is 1. The normalized spacial score (nSPS) is 11.1. The number of hydrogen-bond acceptors (Lipinski definition) is 3. The standard InChI is InChI=1S/C24H43NO2/c1-5-7-8-9-10-11-12-13-14-15-18-25(3)21-22-16-17-23(27-19-6-2)24(20-22)26-4/h16-17,20H,5-15,18-19,21H2,1-4H3. The van der Waals surface area contributed by atoms with E-state index in [4.69, 9.17) is 9.47 Å². The fraction of sp³-hybridized carbons (Fsp3) is 0.750. The minimum atomic E-state index is 0.731. The molecule has 0 heterocycles. The first-order valence-corrected chi connectivity index (χ1v) is 11.2. The highest BCUT2D eigenvalue weighted by Gasteiger charge is 2.07. The molecule has 3 nitrogen and oxygen atoms in total. The van der Waals surface area contributed by atoms with Crippen LogP contribution in [0.1, 0.15) is 90.0 Å². The Morgan fingerprint density at radius 1 is 0.778 bits per heavy atom. The highest BCUT2D eigenvalue weighted by Crippen LogP contribution is 2.28. The summed E-state index contributed by atoms with van der Waals surface area (Å²) in [5.74, 6) is 1.69. The Kier molecular flexibility index (Phi) is 13.9. The highest BCUT2D eigenvalue weighted by atomic mass is 16.5. The summed E-state index contributed by atoms with van der Waals surface area (Å²) < 4.78 is 11.2. The van der Waals surface area contributed by atoms with Crippen LogP contribution in [0.5, 0.6) is 11.5 Å². The number of ether oxygens (including phenoxy) is 2. The van der Waals surface area contributed by atoms with Crippen molar-refractivity contribution in [3.8, 4) is 11.5 Å². The molecule has 1 aromatic rings. The molecule has 0 unspecified atom stereocenters. The molecule has 0 spiro atoms. The fourth-order valence-electron chi connectivity index (χ4n) is 3.40. The first-order valence-electron chi connectivity index (χ1n) is 11.2. The van der Waals surface area contributed by atoms with E-state index in [1.54, 1.807) is 7.11 Å². The van der Waals surface area contributed by atoms with E-state index in [9.17, 15) is 0 Å². The molecule has 0 aromatic heterocycles. The zero-order chi connectivity index (χ0) is 19.7. The SMILES string of the molecule is CCCCCCCCCCCCN(C)Cc1ccc(OCCC)c(OC)c1. The van der Waals surface area contributed by atoms with Crippen molar-refractivity contribution in [2.45, 2.75) is 91.0 Å². The van der Waals surface area contributed by atoms with Crippen LogP contribution in [0, 0.1) is 0 Å². The van der Waals surface area contributed by atoms with Gasteiger partial charge in [0.25, 0.3) is 0 Å². The first kappa shape index (κ1) is 23.8. The quantitative estimate of drug-likeness (QED) is 0.277. The van der Waals surface area contributed by atoms with Crippen LogP contribution in [0.25, 0.3) is 0 Å². The third-order valence-corrected chi connectivity index (χ3v) is 5.04. The van der Waals surface area contributed by atoms with Crippen LogP contribution in [-0.2, 0) is 6.54 Å². The molecule has 27 heavy (non-hydrogen) atoms. The maximum atomic E-state index is 5.74. The van der Waals surface area contributed by atoms with E-state index in [1.807, 2.05) is 6.07 Å². The van der Waals surface area contributed by atoms with Gasteiger partial charge in [-0.25, -0.2) is 0 Å². The van der Waals surface area contributed by atoms with Gasteiger partial charge in [-0.3, -0.25) is 0 Å². The van der Waals surface area contributed by atoms with Gasteiger partial charge >= 0.3 is 0 Å². The Morgan fingerprint density at radius 2 is 1.41 bits per heavy atom. The molecule has 0 radical (unpaired) electrons. The third kappa shape index (κ3) is 11.3. The maximum Gasteiger partial charge on any atom is 0.161 e. The predicted octanol–water partition coefficient (Wildman–Crippen LogP) is 6.84. The Balaban J connectivity index is 2.16. The maximum absolute atomic E-state index is 5.74. The lowest BCUT2D eigenvalue weighted by Gasteiger charge is -2.18. The van der Waals surface area contributed by atoms with Crippen LogP contribution < -0.4 is 9.47 Å². The summed E-state index contributed by atoms with van der Waals surface area (Å²) in [6.45, 7) is 7.25. The molecule has 0 aliphatic heterocycles. The molecule has 0 N–H and O–H groups in total. The van der Waals surface area contributed by atoms with Gasteiger partial charge in [0.15, 0.2) is 11.5 Å². The third-order valence-electron chi connectivity index (χ3n) is 5.04. The lowest BCUT2D eigenvalue weighted by atomic mass is 10.1. The molecule has 0 saturated carbocycles. The van der Waals surface area contributed by atoms with E-state index in [0.29, 0.717) is 0 Å². The van der Waals surface area contributed by atoms with Gasteiger partial charge in [0.2, 0.25) is 0 Å². The Morgan fingerprint density at radius 3 is 2.00 bits per heavy atom. The molecule has 0 fully saturated rings. The monoisotopic (exact) mass is 377 g/mol. The van der Waals surface area contributed by atoms with Gasteiger partial charge in [0.1, 0.15) is 0 Å². The van der Waals surface area contributed by atoms with Crippen molar-refractivity contribution in [3.63, 3.8) is 0 Å². The van der Waals surface area contributed by atoms with Crippen molar-refractivity contribution in [1.82, 2.24) is 4.90 Å². The van der Waals surface area contributed by atoms with Gasteiger partial charge in [-0.1, -0.05) is 77.7 Å². The van der Waals surface area contributed by atoms with E-state index in [0.717, 1.165) is 37.6 Å². The molecule has 3 heteroatoms. The number of rotatable bonds is 17. The lowest BCUT2D eigenvalue weighted by molar-refractivity contribution is 0.292. The summed E-state index contributed by atoms with van der Waals surface area (Å²) in [5, 5.41) is 0. The summed E-state index contributed by atoms with van der Waals surface area (Å²) in [5.41, 5.74) is 1.28. The first-order chi connectivity index (χ1) is 13.2. The molecule has 0 amide bonds. The van der Waals surface area contributed by atoms with Gasteiger partial charge in [-0.15, -0.1) is 0 Å². The largest absolute Gasteiger partial charge is 0.493 e. The predicted molar refractivity (Wildman–Crippen MR) is 117 cm³/mol.